The number of nitrogens with zero attached hydrogens (tertiary/aromatic N) is 3. The van der Waals surface area contributed by atoms with E-state index in [1.807, 2.05) is 24.3 Å². The van der Waals surface area contributed by atoms with Crippen LogP contribution in [-0.2, 0) is 5.41 Å². The monoisotopic (exact) mass is 731 g/mol. The first-order valence-electron chi connectivity index (χ1n) is 19.5. The second-order valence-corrected chi connectivity index (χ2v) is 15.9. The quantitative estimate of drug-likeness (QED) is 0.181. The summed E-state index contributed by atoms with van der Waals surface area (Å²) in [7, 11) is 0. The number of hydrogen-bond donors (Lipinski definition) is 0. The van der Waals surface area contributed by atoms with Gasteiger partial charge in [-0.2, -0.15) is 0 Å². The van der Waals surface area contributed by atoms with Gasteiger partial charge in [0.25, 0.3) is 0 Å². The summed E-state index contributed by atoms with van der Waals surface area (Å²) in [6.07, 6.45) is 0. The Kier molecular flexibility index (Phi) is 5.91. The van der Waals surface area contributed by atoms with E-state index in [1.54, 1.807) is 0 Å². The van der Waals surface area contributed by atoms with Crippen LogP contribution in [0.4, 0.5) is 17.1 Å². The first-order chi connectivity index (χ1) is 28.0. The molecule has 5 heteroatoms. The van der Waals surface area contributed by atoms with Crippen molar-refractivity contribution in [2.75, 3.05) is 4.90 Å². The van der Waals surface area contributed by atoms with Crippen molar-refractivity contribution in [2.45, 2.75) is 19.3 Å². The molecule has 1 aliphatic rings. The Bertz CT molecular complexity index is 3620. The van der Waals surface area contributed by atoms with Gasteiger partial charge in [-0.15, -0.1) is 0 Å². The lowest BCUT2D eigenvalue weighted by molar-refractivity contribution is 0.623. The summed E-state index contributed by atoms with van der Waals surface area (Å²) >= 11 is 0. The van der Waals surface area contributed by atoms with E-state index >= 15 is 0 Å². The predicted molar refractivity (Wildman–Crippen MR) is 234 cm³/mol. The molecule has 0 unspecified atom stereocenters. The Morgan fingerprint density at radius 1 is 0.526 bits per heavy atom. The summed E-state index contributed by atoms with van der Waals surface area (Å²) in [5.74, 6) is 0.627. The maximum absolute atomic E-state index is 6.74. The fourth-order valence-electron chi connectivity index (χ4n) is 9.94. The smallest absolute Gasteiger partial charge is 0.227 e. The Morgan fingerprint density at radius 2 is 1.25 bits per heavy atom. The highest BCUT2D eigenvalue weighted by Gasteiger charge is 2.36. The topological polar surface area (TPSA) is 46.8 Å². The lowest BCUT2D eigenvalue weighted by Gasteiger charge is -2.28. The van der Waals surface area contributed by atoms with Crippen molar-refractivity contribution in [1.29, 1.82) is 0 Å². The molecule has 0 fully saturated rings. The third kappa shape index (κ3) is 4.05. The van der Waals surface area contributed by atoms with Crippen molar-refractivity contribution < 1.29 is 8.83 Å². The van der Waals surface area contributed by atoms with Gasteiger partial charge in [-0.1, -0.05) is 111 Å². The lowest BCUT2D eigenvalue weighted by atomic mass is 9.82. The highest BCUT2D eigenvalue weighted by molar-refractivity contribution is 6.30. The highest BCUT2D eigenvalue weighted by atomic mass is 16.3. The normalized spacial score (nSPS) is 13.6. The van der Waals surface area contributed by atoms with Crippen molar-refractivity contribution in [2.24, 2.45) is 0 Å². The average molecular weight is 732 g/mol. The summed E-state index contributed by atoms with van der Waals surface area (Å²) < 4.78 is 15.8. The van der Waals surface area contributed by atoms with E-state index in [2.05, 4.69) is 163 Å². The van der Waals surface area contributed by atoms with Crippen molar-refractivity contribution in [1.82, 2.24) is 9.38 Å². The zero-order valence-electron chi connectivity index (χ0n) is 31.2. The van der Waals surface area contributed by atoms with Crippen LogP contribution in [0.15, 0.2) is 173 Å². The van der Waals surface area contributed by atoms with E-state index in [9.17, 15) is 0 Å². The number of aromatic nitrogens is 2. The molecule has 13 rings (SSSR count). The fraction of sp³-hybridized carbons (Fsp3) is 0.0577. The summed E-state index contributed by atoms with van der Waals surface area (Å²) in [5.41, 5.74) is 16.0. The minimum absolute atomic E-state index is 0.154. The van der Waals surface area contributed by atoms with Gasteiger partial charge in [-0.3, -0.25) is 0 Å². The third-order valence-corrected chi connectivity index (χ3v) is 12.5. The molecule has 8 aromatic carbocycles. The number of oxazole rings is 1. The van der Waals surface area contributed by atoms with Crippen molar-refractivity contribution in [3.63, 3.8) is 0 Å². The maximum Gasteiger partial charge on any atom is 0.227 e. The number of furan rings is 1. The Labute approximate surface area is 327 Å². The van der Waals surface area contributed by atoms with Crippen LogP contribution in [0.1, 0.15) is 25.0 Å². The van der Waals surface area contributed by atoms with Gasteiger partial charge in [0.05, 0.1) is 27.6 Å². The molecule has 0 amide bonds. The number of anilines is 3. The van der Waals surface area contributed by atoms with Crippen LogP contribution in [0.5, 0.6) is 0 Å². The average Bonchev–Trinajstić information content (AvgIpc) is 4.05. The zero-order chi connectivity index (χ0) is 37.6. The minimum atomic E-state index is -0.154. The number of para-hydroxylation sites is 3. The van der Waals surface area contributed by atoms with E-state index < -0.39 is 0 Å². The number of rotatable bonds is 4. The second kappa shape index (κ2) is 10.9. The molecule has 0 aliphatic heterocycles. The molecule has 4 aromatic heterocycles. The van der Waals surface area contributed by atoms with E-state index in [1.165, 1.54) is 22.3 Å². The molecule has 4 heterocycles. The van der Waals surface area contributed by atoms with E-state index in [0.717, 1.165) is 93.8 Å². The summed E-state index contributed by atoms with van der Waals surface area (Å²) in [5, 5.41) is 6.75. The molecule has 1 aliphatic carbocycles. The summed E-state index contributed by atoms with van der Waals surface area (Å²) in [6, 6.07) is 58.5. The van der Waals surface area contributed by atoms with Gasteiger partial charge in [0.2, 0.25) is 5.89 Å². The molecule has 12 aromatic rings. The molecule has 0 radical (unpaired) electrons. The van der Waals surface area contributed by atoms with Gasteiger partial charge < -0.3 is 18.1 Å². The van der Waals surface area contributed by atoms with Crippen molar-refractivity contribution in [3.8, 4) is 22.6 Å². The van der Waals surface area contributed by atoms with E-state index in [-0.39, 0.29) is 5.41 Å². The van der Waals surface area contributed by atoms with Gasteiger partial charge in [-0.05, 0) is 89.0 Å². The van der Waals surface area contributed by atoms with Crippen LogP contribution >= 0.6 is 0 Å². The number of benzene rings is 8. The number of fused-ring (bicyclic) bond motifs is 14. The highest BCUT2D eigenvalue weighted by Crippen LogP contribution is 2.52. The van der Waals surface area contributed by atoms with Gasteiger partial charge >= 0.3 is 0 Å². The van der Waals surface area contributed by atoms with Crippen LogP contribution in [0, 0.1) is 0 Å². The lowest BCUT2D eigenvalue weighted by Crippen LogP contribution is -2.16. The fourth-order valence-corrected chi connectivity index (χ4v) is 9.94. The molecule has 268 valence electrons. The van der Waals surface area contributed by atoms with Crippen LogP contribution < -0.4 is 4.90 Å². The Morgan fingerprint density at radius 3 is 2.16 bits per heavy atom. The molecular formula is C52H33N3O2. The summed E-state index contributed by atoms with van der Waals surface area (Å²) in [6.45, 7) is 4.68. The first kappa shape index (κ1) is 30.9. The van der Waals surface area contributed by atoms with Gasteiger partial charge in [0.1, 0.15) is 11.1 Å². The SMILES string of the molecule is CC1(C)c2ccccc2-c2ccc(N(c3ccc4c(c3)c3cc5nc(-c6ccccc6)oc5c5c6ccccc6n4c35)c3cccc4c3oc3ccccc34)cc21. The Hall–Kier alpha value is -7.37. The van der Waals surface area contributed by atoms with E-state index in [4.69, 9.17) is 13.8 Å². The Balaban J connectivity index is 1.10. The predicted octanol–water partition coefficient (Wildman–Crippen LogP) is 14.3. The van der Waals surface area contributed by atoms with Gasteiger partial charge in [0.15, 0.2) is 11.2 Å². The largest absolute Gasteiger partial charge is 0.454 e. The standard InChI is InChI=1S/C52H33N3O2/c1-52(2)40-19-9-6-15-33(40)34-25-23-32(28-41(34)52)54(45-21-12-18-36-35-16-8-11-22-46(35)56-49(36)45)31-24-26-44-38(27-31)39-29-42-50(57-51(53-42)30-13-4-3-5-14-30)47-37-17-7-10-20-43(37)55(44)48(39)47/h3-29H,1-2H3. The van der Waals surface area contributed by atoms with E-state index in [0.29, 0.717) is 5.89 Å². The molecule has 0 saturated carbocycles. The number of hydrogen-bond acceptors (Lipinski definition) is 4. The van der Waals surface area contributed by atoms with Crippen molar-refractivity contribution in [3.05, 3.63) is 175 Å². The van der Waals surface area contributed by atoms with Gasteiger partial charge in [0, 0.05) is 49.3 Å². The molecule has 5 nitrogen and oxygen atoms in total. The second-order valence-electron chi connectivity index (χ2n) is 15.9. The molecule has 57 heavy (non-hydrogen) atoms. The van der Waals surface area contributed by atoms with Crippen LogP contribution in [-0.4, -0.2) is 9.38 Å². The molecular weight excluding hydrogens is 699 g/mol. The summed E-state index contributed by atoms with van der Waals surface area (Å²) in [4.78, 5) is 7.48. The van der Waals surface area contributed by atoms with Crippen LogP contribution in [0.3, 0.4) is 0 Å². The van der Waals surface area contributed by atoms with Crippen LogP contribution in [0.2, 0.25) is 0 Å². The minimum Gasteiger partial charge on any atom is -0.454 e. The molecule has 0 saturated heterocycles. The zero-order valence-corrected chi connectivity index (χ0v) is 31.2. The molecule has 0 spiro atoms. The maximum atomic E-state index is 6.74. The third-order valence-electron chi connectivity index (χ3n) is 12.5. The van der Waals surface area contributed by atoms with Gasteiger partial charge in [-0.25, -0.2) is 4.98 Å². The first-order valence-corrected chi connectivity index (χ1v) is 19.5. The molecule has 0 bridgehead atoms. The van der Waals surface area contributed by atoms with Crippen LogP contribution in [0.25, 0.3) is 93.7 Å². The van der Waals surface area contributed by atoms with Crippen molar-refractivity contribution >= 4 is 88.2 Å². The molecule has 0 atom stereocenters. The molecule has 0 N–H and O–H groups in total.